The monoisotopic (exact) mass is 199 g/mol. The third kappa shape index (κ3) is 2.47. The molecule has 14 heavy (non-hydrogen) atoms. The average molecular weight is 199 g/mol. The first-order valence-electron chi connectivity index (χ1n) is 5.36. The molecule has 3 heteroatoms. The van der Waals surface area contributed by atoms with Crippen molar-refractivity contribution in [2.75, 3.05) is 6.61 Å². The first-order chi connectivity index (χ1) is 6.40. The number of ether oxygens (including phenoxy) is 1. The molecule has 0 spiro atoms. The second-order valence-electron chi connectivity index (χ2n) is 5.07. The Balaban J connectivity index is 2.68. The summed E-state index contributed by atoms with van der Waals surface area (Å²) in [4.78, 5) is 11.7. The van der Waals surface area contributed by atoms with Gasteiger partial charge in [0.15, 0.2) is 0 Å². The quantitative estimate of drug-likeness (QED) is 0.690. The Kier molecular flexibility index (Phi) is 3.20. The van der Waals surface area contributed by atoms with E-state index >= 15 is 0 Å². The highest BCUT2D eigenvalue weighted by Gasteiger charge is 2.43. The van der Waals surface area contributed by atoms with E-state index in [1.54, 1.807) is 0 Å². The van der Waals surface area contributed by atoms with Gasteiger partial charge < -0.3 is 10.5 Å². The Morgan fingerprint density at radius 3 is 2.57 bits per heavy atom. The highest BCUT2D eigenvalue weighted by molar-refractivity contribution is 5.80. The highest BCUT2D eigenvalue weighted by atomic mass is 16.5. The molecule has 0 amide bonds. The molecule has 1 aliphatic rings. The van der Waals surface area contributed by atoms with Crippen LogP contribution in [0, 0.1) is 5.41 Å². The molecule has 0 radical (unpaired) electrons. The number of carbonyl (C=O) groups excluding carboxylic acids is 1. The van der Waals surface area contributed by atoms with Crippen LogP contribution in [0.2, 0.25) is 0 Å². The Morgan fingerprint density at radius 1 is 1.43 bits per heavy atom. The van der Waals surface area contributed by atoms with Crippen molar-refractivity contribution < 1.29 is 9.53 Å². The molecule has 0 aromatic heterocycles. The zero-order valence-electron chi connectivity index (χ0n) is 9.43. The van der Waals surface area contributed by atoms with Crippen molar-refractivity contribution in [1.82, 2.24) is 0 Å². The van der Waals surface area contributed by atoms with Crippen LogP contribution in [0.4, 0.5) is 0 Å². The first-order valence-corrected chi connectivity index (χ1v) is 5.36. The molecule has 1 fully saturated rings. The van der Waals surface area contributed by atoms with Gasteiger partial charge in [-0.25, -0.2) is 0 Å². The van der Waals surface area contributed by atoms with Gasteiger partial charge in [0.1, 0.15) is 5.54 Å². The molecule has 0 aliphatic heterocycles. The van der Waals surface area contributed by atoms with Crippen LogP contribution in [0.1, 0.15) is 46.5 Å². The molecule has 0 bridgehead atoms. The van der Waals surface area contributed by atoms with Gasteiger partial charge in [0.2, 0.25) is 0 Å². The fraction of sp³-hybridized carbons (Fsp3) is 0.909. The number of esters is 1. The minimum Gasteiger partial charge on any atom is -0.465 e. The minimum absolute atomic E-state index is 0.166. The normalized spacial score (nSPS) is 31.1. The maximum atomic E-state index is 11.7. The molecule has 0 saturated heterocycles. The SMILES string of the molecule is CCOC(=O)C1(N)CCCC(C)(C)C1. The van der Waals surface area contributed by atoms with Gasteiger partial charge >= 0.3 is 5.97 Å². The van der Waals surface area contributed by atoms with E-state index < -0.39 is 5.54 Å². The molecule has 2 N–H and O–H groups in total. The lowest BCUT2D eigenvalue weighted by Crippen LogP contribution is -2.53. The van der Waals surface area contributed by atoms with Crippen molar-refractivity contribution in [3.63, 3.8) is 0 Å². The van der Waals surface area contributed by atoms with Gasteiger partial charge in [0.05, 0.1) is 6.61 Å². The van der Waals surface area contributed by atoms with Crippen LogP contribution in [0.5, 0.6) is 0 Å². The Labute approximate surface area is 86.0 Å². The van der Waals surface area contributed by atoms with Gasteiger partial charge in [0, 0.05) is 0 Å². The highest BCUT2D eigenvalue weighted by Crippen LogP contribution is 2.40. The fourth-order valence-electron chi connectivity index (χ4n) is 2.36. The van der Waals surface area contributed by atoms with E-state index in [-0.39, 0.29) is 11.4 Å². The first kappa shape index (κ1) is 11.5. The Hall–Kier alpha value is -0.570. The van der Waals surface area contributed by atoms with E-state index in [2.05, 4.69) is 13.8 Å². The second-order valence-corrected chi connectivity index (χ2v) is 5.07. The molecule has 1 aliphatic carbocycles. The fourth-order valence-corrected chi connectivity index (χ4v) is 2.36. The third-order valence-corrected chi connectivity index (χ3v) is 2.95. The Bertz CT molecular complexity index is 225. The maximum Gasteiger partial charge on any atom is 0.326 e. The summed E-state index contributed by atoms with van der Waals surface area (Å²) in [6, 6.07) is 0. The van der Waals surface area contributed by atoms with Crippen LogP contribution in [-0.4, -0.2) is 18.1 Å². The van der Waals surface area contributed by atoms with Crippen LogP contribution in [0.3, 0.4) is 0 Å². The summed E-state index contributed by atoms with van der Waals surface area (Å²) in [7, 11) is 0. The van der Waals surface area contributed by atoms with Crippen LogP contribution < -0.4 is 5.73 Å². The summed E-state index contributed by atoms with van der Waals surface area (Å²) in [5.41, 5.74) is 5.52. The molecule has 1 rings (SSSR count). The number of hydrogen-bond acceptors (Lipinski definition) is 3. The molecule has 1 saturated carbocycles. The van der Waals surface area contributed by atoms with E-state index in [0.29, 0.717) is 6.61 Å². The predicted octanol–water partition coefficient (Wildman–Crippen LogP) is 1.85. The van der Waals surface area contributed by atoms with Crippen molar-refractivity contribution in [2.24, 2.45) is 11.1 Å². The van der Waals surface area contributed by atoms with Gasteiger partial charge in [-0.05, 0) is 31.6 Å². The summed E-state index contributed by atoms with van der Waals surface area (Å²) >= 11 is 0. The van der Waals surface area contributed by atoms with Gasteiger partial charge in [-0.3, -0.25) is 4.79 Å². The smallest absolute Gasteiger partial charge is 0.326 e. The van der Waals surface area contributed by atoms with Gasteiger partial charge in [-0.15, -0.1) is 0 Å². The van der Waals surface area contributed by atoms with Crippen molar-refractivity contribution in [3.8, 4) is 0 Å². The molecule has 82 valence electrons. The zero-order valence-corrected chi connectivity index (χ0v) is 9.43. The standard InChI is InChI=1S/C11H21NO2/c1-4-14-9(13)11(12)7-5-6-10(2,3)8-11/h4-8,12H2,1-3H3. The molecule has 1 unspecified atom stereocenters. The largest absolute Gasteiger partial charge is 0.465 e. The van der Waals surface area contributed by atoms with E-state index in [0.717, 1.165) is 25.7 Å². The molecular weight excluding hydrogens is 178 g/mol. The third-order valence-electron chi connectivity index (χ3n) is 2.95. The lowest BCUT2D eigenvalue weighted by molar-refractivity contribution is -0.152. The van der Waals surface area contributed by atoms with Crippen LogP contribution >= 0.6 is 0 Å². The maximum absolute atomic E-state index is 11.7. The van der Waals surface area contributed by atoms with Gasteiger partial charge in [0.25, 0.3) is 0 Å². The predicted molar refractivity (Wildman–Crippen MR) is 55.8 cm³/mol. The number of nitrogens with two attached hydrogens (primary N) is 1. The number of rotatable bonds is 2. The lowest BCUT2D eigenvalue weighted by atomic mass is 9.68. The number of hydrogen-bond donors (Lipinski definition) is 1. The van der Waals surface area contributed by atoms with Crippen LogP contribution in [-0.2, 0) is 9.53 Å². The molecule has 0 heterocycles. The molecule has 0 aromatic carbocycles. The zero-order chi connectivity index (χ0) is 10.8. The van der Waals surface area contributed by atoms with Crippen molar-refractivity contribution in [2.45, 2.75) is 52.0 Å². The summed E-state index contributed by atoms with van der Waals surface area (Å²) < 4.78 is 5.01. The van der Waals surface area contributed by atoms with E-state index in [9.17, 15) is 4.79 Å². The molecule has 3 nitrogen and oxygen atoms in total. The molecule has 0 aromatic rings. The Morgan fingerprint density at radius 2 is 2.07 bits per heavy atom. The van der Waals surface area contributed by atoms with Gasteiger partial charge in [-0.2, -0.15) is 0 Å². The lowest BCUT2D eigenvalue weighted by Gasteiger charge is -2.40. The number of carbonyl (C=O) groups is 1. The van der Waals surface area contributed by atoms with Crippen LogP contribution in [0.15, 0.2) is 0 Å². The van der Waals surface area contributed by atoms with Gasteiger partial charge in [-0.1, -0.05) is 20.3 Å². The second kappa shape index (κ2) is 3.89. The van der Waals surface area contributed by atoms with Crippen LogP contribution in [0.25, 0.3) is 0 Å². The van der Waals surface area contributed by atoms with Crippen molar-refractivity contribution >= 4 is 5.97 Å². The van der Waals surface area contributed by atoms with Crippen molar-refractivity contribution in [3.05, 3.63) is 0 Å². The minimum atomic E-state index is -0.738. The molecule has 1 atom stereocenters. The van der Waals surface area contributed by atoms with E-state index in [4.69, 9.17) is 10.5 Å². The molecular formula is C11H21NO2. The summed E-state index contributed by atoms with van der Waals surface area (Å²) in [6.07, 6.45) is 3.65. The summed E-state index contributed by atoms with van der Waals surface area (Å²) in [5.74, 6) is -0.229. The topological polar surface area (TPSA) is 52.3 Å². The van der Waals surface area contributed by atoms with E-state index in [1.807, 2.05) is 6.92 Å². The van der Waals surface area contributed by atoms with E-state index in [1.165, 1.54) is 0 Å². The van der Waals surface area contributed by atoms with Crippen molar-refractivity contribution in [1.29, 1.82) is 0 Å². The average Bonchev–Trinajstić information content (AvgIpc) is 2.02. The summed E-state index contributed by atoms with van der Waals surface area (Å²) in [5, 5.41) is 0. The summed E-state index contributed by atoms with van der Waals surface area (Å²) in [6.45, 7) is 6.55.